The predicted molar refractivity (Wildman–Crippen MR) is 217 cm³/mol. The third-order valence-corrected chi connectivity index (χ3v) is 8.91. The number of rotatable bonds is 36. The molecule has 0 aliphatic carbocycles. The fourth-order valence-electron chi connectivity index (χ4n) is 5.62. The molecule has 304 valence electrons. The van der Waals surface area contributed by atoms with Crippen LogP contribution in [0.15, 0.2) is 60.8 Å². The van der Waals surface area contributed by atoms with Crippen molar-refractivity contribution < 1.29 is 38.2 Å². The molecule has 8 nitrogen and oxygen atoms in total. The maximum absolute atomic E-state index is 12.7. The second kappa shape index (κ2) is 36.0. The number of carboxylic acid groups (broad SMARTS) is 1. The Bertz CT molecular complexity index is 1050. The first-order valence-corrected chi connectivity index (χ1v) is 20.8. The van der Waals surface area contributed by atoms with Crippen LogP contribution >= 0.6 is 0 Å². The maximum Gasteiger partial charge on any atom is 0.306 e. The summed E-state index contributed by atoms with van der Waals surface area (Å²) in [6, 6.07) is -0.733. The first kappa shape index (κ1) is 50.0. The molecule has 0 saturated heterocycles. The number of unbranched alkanes of at least 4 members (excludes halogenated alkanes) is 12. The van der Waals surface area contributed by atoms with E-state index in [4.69, 9.17) is 14.2 Å². The number of likely N-dealkylation sites (N-methyl/N-ethyl adjacent to an activating group) is 1. The van der Waals surface area contributed by atoms with E-state index in [1.165, 1.54) is 57.8 Å². The maximum atomic E-state index is 12.7. The smallest absolute Gasteiger partial charge is 0.306 e. The summed E-state index contributed by atoms with van der Waals surface area (Å²) in [5, 5.41) is 11.6. The van der Waals surface area contributed by atoms with Crippen molar-refractivity contribution in [2.75, 3.05) is 41.0 Å². The van der Waals surface area contributed by atoms with Gasteiger partial charge in [-0.25, -0.2) is 0 Å². The fourth-order valence-corrected chi connectivity index (χ4v) is 5.62. The molecular weight excluding hydrogens is 666 g/mol. The number of carboxylic acids is 1. The van der Waals surface area contributed by atoms with E-state index in [9.17, 15) is 19.5 Å². The van der Waals surface area contributed by atoms with Crippen molar-refractivity contribution in [3.63, 3.8) is 0 Å². The van der Waals surface area contributed by atoms with Crippen LogP contribution in [0.2, 0.25) is 0 Å². The van der Waals surface area contributed by atoms with Crippen molar-refractivity contribution in [3.8, 4) is 0 Å². The number of quaternary nitrogens is 1. The Labute approximate surface area is 324 Å². The minimum atomic E-state index is -1.13. The van der Waals surface area contributed by atoms with Crippen LogP contribution in [0.3, 0.4) is 0 Å². The number of carbonyl (C=O) groups excluding carboxylic acids is 3. The first-order valence-electron chi connectivity index (χ1n) is 20.8. The van der Waals surface area contributed by atoms with Gasteiger partial charge in [0, 0.05) is 19.3 Å². The number of aliphatic carboxylic acids is 1. The highest BCUT2D eigenvalue weighted by Crippen LogP contribution is 2.12. The van der Waals surface area contributed by atoms with Crippen LogP contribution in [0.4, 0.5) is 0 Å². The molecule has 53 heavy (non-hydrogen) atoms. The van der Waals surface area contributed by atoms with E-state index < -0.39 is 18.1 Å². The Balaban J connectivity index is 4.41. The average molecular weight is 744 g/mol. The van der Waals surface area contributed by atoms with E-state index in [-0.39, 0.29) is 49.1 Å². The zero-order chi connectivity index (χ0) is 39.3. The molecule has 0 amide bonds. The summed E-state index contributed by atoms with van der Waals surface area (Å²) in [7, 11) is 5.38. The molecule has 0 saturated carbocycles. The summed E-state index contributed by atoms with van der Waals surface area (Å²) in [6.07, 6.45) is 42.6. The van der Waals surface area contributed by atoms with Gasteiger partial charge in [0.1, 0.15) is 12.6 Å². The highest BCUT2D eigenvalue weighted by Gasteiger charge is 2.25. The predicted octanol–water partition coefficient (Wildman–Crippen LogP) is 9.69. The van der Waals surface area contributed by atoms with E-state index >= 15 is 0 Å². The summed E-state index contributed by atoms with van der Waals surface area (Å²) in [5.74, 6) is -1.80. The molecule has 2 atom stereocenters. The molecule has 0 radical (unpaired) electrons. The molecule has 8 heteroatoms. The lowest BCUT2D eigenvalue weighted by atomic mass is 10.1. The van der Waals surface area contributed by atoms with E-state index in [1.54, 1.807) is 21.1 Å². The summed E-state index contributed by atoms with van der Waals surface area (Å²) < 4.78 is 17.0. The zero-order valence-corrected chi connectivity index (χ0v) is 34.4. The van der Waals surface area contributed by atoms with Gasteiger partial charge in [-0.15, -0.1) is 0 Å². The van der Waals surface area contributed by atoms with Crippen molar-refractivity contribution in [3.05, 3.63) is 60.8 Å². The van der Waals surface area contributed by atoms with Gasteiger partial charge < -0.3 is 28.6 Å². The molecular formula is C45H77NO7. The quantitative estimate of drug-likeness (QED) is 0.0273. The zero-order valence-electron chi connectivity index (χ0n) is 34.4. The molecule has 0 bridgehead atoms. The first-order chi connectivity index (χ1) is 25.6. The lowest BCUT2D eigenvalue weighted by Gasteiger charge is -2.34. The van der Waals surface area contributed by atoms with E-state index in [0.29, 0.717) is 12.8 Å². The molecule has 0 aliphatic heterocycles. The number of ether oxygens (including phenoxy) is 3. The summed E-state index contributed by atoms with van der Waals surface area (Å²) in [4.78, 5) is 36.6. The second-order valence-electron chi connectivity index (χ2n) is 14.9. The molecule has 0 aliphatic rings. The fraction of sp³-hybridized carbons (Fsp3) is 0.711. The Kier molecular flexibility index (Phi) is 34.0. The van der Waals surface area contributed by atoms with Gasteiger partial charge in [0.05, 0.1) is 40.3 Å². The normalized spacial score (nSPS) is 13.6. The minimum absolute atomic E-state index is 0.0217. The van der Waals surface area contributed by atoms with Crippen molar-refractivity contribution in [2.45, 2.75) is 167 Å². The Morgan fingerprint density at radius 3 is 1.51 bits per heavy atom. The lowest BCUT2D eigenvalue weighted by Crippen LogP contribution is -2.55. The van der Waals surface area contributed by atoms with Crippen LogP contribution in [-0.4, -0.2) is 75.5 Å². The molecule has 0 rings (SSSR count). The van der Waals surface area contributed by atoms with Crippen LogP contribution < -0.4 is 5.11 Å². The third kappa shape index (κ3) is 34.5. The summed E-state index contributed by atoms with van der Waals surface area (Å²) in [5.41, 5.74) is 0. The number of allylic oxidation sites excluding steroid dienone is 10. The minimum Gasteiger partial charge on any atom is -0.544 e. The van der Waals surface area contributed by atoms with Gasteiger partial charge in [-0.3, -0.25) is 9.59 Å². The van der Waals surface area contributed by atoms with Crippen molar-refractivity contribution in [2.24, 2.45) is 0 Å². The van der Waals surface area contributed by atoms with Gasteiger partial charge in [0.2, 0.25) is 0 Å². The molecule has 0 aromatic heterocycles. The number of nitrogens with zero attached hydrogens (tertiary/aromatic N) is 1. The van der Waals surface area contributed by atoms with Crippen LogP contribution in [0.25, 0.3) is 0 Å². The number of carbonyl (C=O) groups is 3. The monoisotopic (exact) mass is 744 g/mol. The van der Waals surface area contributed by atoms with Gasteiger partial charge in [0.25, 0.3) is 0 Å². The number of esters is 2. The van der Waals surface area contributed by atoms with Gasteiger partial charge in [0.15, 0.2) is 6.10 Å². The molecule has 0 spiro atoms. The standard InChI is InChI=1S/C45H77NO7/c1-6-8-10-12-14-16-17-18-19-20-21-22-23-24-25-26-27-28-30-32-34-36-44(48)53-41(39-51-38-37-42(45(49)50)46(3,4)5)40-52-43(47)35-33-31-29-15-13-11-9-7-2/h14,16,18-19,21-22,24-25,27-28,41-42H,6-13,15,17,20,23,26,29-40H2,1-5H3/b16-14+,19-18+,22-21+,25-24+,28-27+. The second-order valence-corrected chi connectivity index (χ2v) is 14.9. The van der Waals surface area contributed by atoms with E-state index in [0.717, 1.165) is 57.8 Å². The number of hydrogen-bond acceptors (Lipinski definition) is 7. The van der Waals surface area contributed by atoms with Crippen molar-refractivity contribution >= 4 is 17.9 Å². The highest BCUT2D eigenvalue weighted by atomic mass is 16.6. The molecule has 2 unspecified atom stereocenters. The molecule has 0 fully saturated rings. The lowest BCUT2D eigenvalue weighted by molar-refractivity contribution is -0.889. The van der Waals surface area contributed by atoms with Crippen molar-refractivity contribution in [1.82, 2.24) is 0 Å². The van der Waals surface area contributed by atoms with E-state index in [2.05, 4.69) is 74.6 Å². The van der Waals surface area contributed by atoms with Crippen LogP contribution in [0, 0.1) is 0 Å². The summed E-state index contributed by atoms with van der Waals surface area (Å²) in [6.45, 7) is 4.53. The summed E-state index contributed by atoms with van der Waals surface area (Å²) >= 11 is 0. The third-order valence-electron chi connectivity index (χ3n) is 8.91. The Morgan fingerprint density at radius 2 is 1.00 bits per heavy atom. The SMILES string of the molecule is CCCCC/C=C/C/C=C/C/C=C/C/C=C/C/C=C/CCCCC(=O)OC(COCCC(C(=O)[O-])[N+](C)(C)C)COC(=O)CCCCCCCCCC. The highest BCUT2D eigenvalue weighted by molar-refractivity contribution is 5.70. The van der Waals surface area contributed by atoms with Crippen LogP contribution in [0.1, 0.15) is 155 Å². The molecule has 0 heterocycles. The van der Waals surface area contributed by atoms with Crippen LogP contribution in [-0.2, 0) is 28.6 Å². The van der Waals surface area contributed by atoms with Gasteiger partial charge >= 0.3 is 11.9 Å². The molecule has 0 aromatic rings. The van der Waals surface area contributed by atoms with Gasteiger partial charge in [-0.05, 0) is 64.2 Å². The topological polar surface area (TPSA) is 102 Å². The number of hydrogen-bond donors (Lipinski definition) is 0. The van der Waals surface area contributed by atoms with E-state index in [1.807, 2.05) is 0 Å². The Hall–Kier alpha value is -2.97. The Morgan fingerprint density at radius 1 is 0.566 bits per heavy atom. The van der Waals surface area contributed by atoms with Gasteiger partial charge in [-0.2, -0.15) is 0 Å². The van der Waals surface area contributed by atoms with Crippen LogP contribution in [0.5, 0.6) is 0 Å². The largest absolute Gasteiger partial charge is 0.544 e. The molecule has 0 aromatic carbocycles. The average Bonchev–Trinajstić information content (AvgIpc) is 3.11. The van der Waals surface area contributed by atoms with Crippen molar-refractivity contribution in [1.29, 1.82) is 0 Å². The molecule has 0 N–H and O–H groups in total. The van der Waals surface area contributed by atoms with Gasteiger partial charge in [-0.1, -0.05) is 132 Å².